The molecule has 0 saturated carbocycles. The van der Waals surface area contributed by atoms with Crippen molar-refractivity contribution in [3.63, 3.8) is 0 Å². The Balaban J connectivity index is 3.27. The maximum absolute atomic E-state index is 5.94. The lowest BCUT2D eigenvalue weighted by Crippen LogP contribution is -2.29. The third-order valence-corrected chi connectivity index (χ3v) is 4.69. The van der Waals surface area contributed by atoms with Crippen LogP contribution in [0.4, 0.5) is 5.82 Å². The fourth-order valence-electron chi connectivity index (χ4n) is 2.14. The Morgan fingerprint density at radius 2 is 1.86 bits per heavy atom. The molecule has 0 aliphatic heterocycles. The number of hydrogen-bond donors (Lipinski definition) is 1. The summed E-state index contributed by atoms with van der Waals surface area (Å²) in [6.45, 7) is 12.2. The van der Waals surface area contributed by atoms with Crippen molar-refractivity contribution in [1.82, 2.24) is 9.97 Å². The lowest BCUT2D eigenvalue weighted by molar-refractivity contribution is -0.0391. The molecule has 0 aromatic carbocycles. The molecule has 0 bridgehead atoms. The molecule has 1 atom stereocenters. The molecule has 0 radical (unpaired) electrons. The van der Waals surface area contributed by atoms with Crippen molar-refractivity contribution in [2.75, 3.05) is 18.5 Å². The molecule has 120 valence electrons. The average molecular weight is 405 g/mol. The molecule has 0 aliphatic carbocycles. The van der Waals surface area contributed by atoms with Gasteiger partial charge in [-0.3, -0.25) is 0 Å². The molecule has 0 aliphatic rings. The summed E-state index contributed by atoms with van der Waals surface area (Å²) in [6, 6.07) is 0. The van der Waals surface area contributed by atoms with Crippen molar-refractivity contribution in [3.8, 4) is 0 Å². The summed E-state index contributed by atoms with van der Waals surface area (Å²) >= 11 is 2.35. The Bertz CT molecular complexity index is 453. The summed E-state index contributed by atoms with van der Waals surface area (Å²) in [5, 5.41) is 3.43. The third-order valence-electron chi connectivity index (χ3n) is 3.56. The standard InChI is InChI=1S/C16H28IN3O/c1-6-10-12-13(17)14(18-11-7-2)20-15(19-12)16(5,8-3)21-9-4/h6-11H2,1-5H3,(H,18,19,20). The van der Waals surface area contributed by atoms with Gasteiger partial charge in [0, 0.05) is 13.2 Å². The van der Waals surface area contributed by atoms with Crippen LogP contribution in [0.5, 0.6) is 0 Å². The van der Waals surface area contributed by atoms with E-state index in [1.807, 2.05) is 6.92 Å². The summed E-state index contributed by atoms with van der Waals surface area (Å²) < 4.78 is 7.08. The highest BCUT2D eigenvalue weighted by molar-refractivity contribution is 14.1. The van der Waals surface area contributed by atoms with Crippen LogP contribution in [0.2, 0.25) is 0 Å². The minimum atomic E-state index is -0.412. The molecule has 1 N–H and O–H groups in total. The zero-order valence-electron chi connectivity index (χ0n) is 13.9. The largest absolute Gasteiger partial charge is 0.369 e. The maximum Gasteiger partial charge on any atom is 0.162 e. The van der Waals surface area contributed by atoms with Crippen molar-refractivity contribution in [2.45, 2.75) is 65.9 Å². The normalized spacial score (nSPS) is 14.0. The number of nitrogens with zero attached hydrogens (tertiary/aromatic N) is 2. The summed E-state index contributed by atoms with van der Waals surface area (Å²) in [6.07, 6.45) is 3.99. The highest BCUT2D eigenvalue weighted by Crippen LogP contribution is 2.30. The van der Waals surface area contributed by atoms with Gasteiger partial charge in [0.2, 0.25) is 0 Å². The molecular weight excluding hydrogens is 377 g/mol. The fraction of sp³-hybridized carbons (Fsp3) is 0.750. The minimum Gasteiger partial charge on any atom is -0.369 e. The number of ether oxygens (including phenoxy) is 1. The molecule has 1 aromatic heterocycles. The first-order valence-corrected chi connectivity index (χ1v) is 9.04. The molecule has 5 heteroatoms. The number of halogens is 1. The molecule has 21 heavy (non-hydrogen) atoms. The summed E-state index contributed by atoms with van der Waals surface area (Å²) in [7, 11) is 0. The maximum atomic E-state index is 5.94. The number of rotatable bonds is 9. The molecule has 1 rings (SSSR count). The van der Waals surface area contributed by atoms with E-state index in [1.165, 1.54) is 0 Å². The molecule has 1 aromatic rings. The smallest absolute Gasteiger partial charge is 0.162 e. The summed E-state index contributed by atoms with van der Waals surface area (Å²) in [5.41, 5.74) is 0.714. The zero-order valence-corrected chi connectivity index (χ0v) is 16.1. The lowest BCUT2D eigenvalue weighted by Gasteiger charge is -2.28. The molecular formula is C16H28IN3O. The molecule has 0 saturated heterocycles. The molecule has 4 nitrogen and oxygen atoms in total. The number of aryl methyl sites for hydroxylation is 1. The molecule has 0 amide bonds. The van der Waals surface area contributed by atoms with Crippen LogP contribution in [0.1, 0.15) is 65.4 Å². The minimum absolute atomic E-state index is 0.412. The van der Waals surface area contributed by atoms with Gasteiger partial charge >= 0.3 is 0 Å². The van der Waals surface area contributed by atoms with Crippen LogP contribution in [0, 0.1) is 3.57 Å². The van der Waals surface area contributed by atoms with E-state index in [4.69, 9.17) is 14.7 Å². The Labute approximate surface area is 142 Å². The second kappa shape index (κ2) is 8.88. The number of anilines is 1. The van der Waals surface area contributed by atoms with E-state index in [9.17, 15) is 0 Å². The highest BCUT2D eigenvalue weighted by Gasteiger charge is 2.30. The predicted octanol–water partition coefficient (Wildman–Crippen LogP) is 4.52. The Hall–Kier alpha value is -0.430. The van der Waals surface area contributed by atoms with Crippen molar-refractivity contribution in [2.24, 2.45) is 0 Å². The van der Waals surface area contributed by atoms with E-state index in [0.29, 0.717) is 6.61 Å². The van der Waals surface area contributed by atoms with Gasteiger partial charge in [0.15, 0.2) is 5.82 Å². The van der Waals surface area contributed by atoms with Crippen LogP contribution in [0.3, 0.4) is 0 Å². The van der Waals surface area contributed by atoms with E-state index < -0.39 is 5.60 Å². The topological polar surface area (TPSA) is 47.0 Å². The Morgan fingerprint density at radius 1 is 1.14 bits per heavy atom. The monoisotopic (exact) mass is 405 g/mol. The van der Waals surface area contributed by atoms with Crippen molar-refractivity contribution < 1.29 is 4.74 Å². The van der Waals surface area contributed by atoms with Crippen molar-refractivity contribution in [1.29, 1.82) is 0 Å². The molecule has 0 fully saturated rings. The Morgan fingerprint density at radius 3 is 2.38 bits per heavy atom. The fourth-order valence-corrected chi connectivity index (χ4v) is 2.84. The van der Waals surface area contributed by atoms with E-state index >= 15 is 0 Å². The van der Waals surface area contributed by atoms with Gasteiger partial charge in [0.25, 0.3) is 0 Å². The molecule has 1 heterocycles. The van der Waals surface area contributed by atoms with Gasteiger partial charge in [-0.2, -0.15) is 0 Å². The first-order valence-electron chi connectivity index (χ1n) is 7.97. The van der Waals surface area contributed by atoms with Crippen LogP contribution < -0.4 is 5.32 Å². The van der Waals surface area contributed by atoms with Gasteiger partial charge in [-0.25, -0.2) is 9.97 Å². The van der Waals surface area contributed by atoms with E-state index in [0.717, 1.165) is 53.1 Å². The van der Waals surface area contributed by atoms with Crippen LogP contribution in [0.25, 0.3) is 0 Å². The van der Waals surface area contributed by atoms with Gasteiger partial charge < -0.3 is 10.1 Å². The Kier molecular flexibility index (Phi) is 7.87. The lowest BCUT2D eigenvalue weighted by atomic mass is 10.0. The number of nitrogens with one attached hydrogen (secondary N) is 1. The van der Waals surface area contributed by atoms with Crippen molar-refractivity contribution >= 4 is 28.4 Å². The first-order chi connectivity index (χ1) is 10.0. The van der Waals surface area contributed by atoms with E-state index in [-0.39, 0.29) is 0 Å². The summed E-state index contributed by atoms with van der Waals surface area (Å²) in [4.78, 5) is 9.57. The van der Waals surface area contributed by atoms with Gasteiger partial charge in [0.05, 0.1) is 9.26 Å². The van der Waals surface area contributed by atoms with Gasteiger partial charge in [-0.15, -0.1) is 0 Å². The van der Waals surface area contributed by atoms with Gasteiger partial charge in [-0.05, 0) is 55.7 Å². The third kappa shape index (κ3) is 4.77. The highest BCUT2D eigenvalue weighted by atomic mass is 127. The number of hydrogen-bond acceptors (Lipinski definition) is 4. The average Bonchev–Trinajstić information content (AvgIpc) is 2.48. The SMILES string of the molecule is CCCNc1nc(C(C)(CC)OCC)nc(CCC)c1I. The second-order valence-corrected chi connectivity index (χ2v) is 6.43. The van der Waals surface area contributed by atoms with Gasteiger partial charge in [-0.1, -0.05) is 27.2 Å². The van der Waals surface area contributed by atoms with Crippen LogP contribution >= 0.6 is 22.6 Å². The van der Waals surface area contributed by atoms with Crippen LogP contribution in [-0.4, -0.2) is 23.1 Å². The van der Waals surface area contributed by atoms with E-state index in [1.54, 1.807) is 0 Å². The summed E-state index contributed by atoms with van der Waals surface area (Å²) in [5.74, 6) is 1.75. The van der Waals surface area contributed by atoms with Crippen LogP contribution in [0.15, 0.2) is 0 Å². The number of aromatic nitrogens is 2. The zero-order chi connectivity index (χ0) is 15.9. The molecule has 0 spiro atoms. The second-order valence-electron chi connectivity index (χ2n) is 5.35. The quantitative estimate of drug-likeness (QED) is 0.614. The predicted molar refractivity (Wildman–Crippen MR) is 96.8 cm³/mol. The van der Waals surface area contributed by atoms with Crippen LogP contribution in [-0.2, 0) is 16.8 Å². The molecule has 1 unspecified atom stereocenters. The van der Waals surface area contributed by atoms with Gasteiger partial charge in [0.1, 0.15) is 11.4 Å². The van der Waals surface area contributed by atoms with Crippen molar-refractivity contribution in [3.05, 3.63) is 15.1 Å². The van der Waals surface area contributed by atoms with E-state index in [2.05, 4.69) is 55.6 Å². The first kappa shape index (κ1) is 18.6.